The zero-order chi connectivity index (χ0) is 6.62. The molecule has 8 heavy (non-hydrogen) atoms. The normalized spacial score (nSPS) is 12.0. The first-order valence-electron chi connectivity index (χ1n) is 2.19. The zero-order valence-electron chi connectivity index (χ0n) is 4.13. The van der Waals surface area contributed by atoms with E-state index in [0.29, 0.717) is 0 Å². The minimum absolute atomic E-state index is 0.0189. The van der Waals surface area contributed by atoms with Crippen LogP contribution < -0.4 is 0 Å². The second-order valence-electron chi connectivity index (χ2n) is 1.41. The maximum absolute atomic E-state index is 11.2. The third-order valence-electron chi connectivity index (χ3n) is 0.594. The third kappa shape index (κ3) is 6.08. The van der Waals surface area contributed by atoms with E-state index in [1.54, 1.807) is 0 Å². The molecule has 0 saturated heterocycles. The van der Waals surface area contributed by atoms with E-state index in [1.165, 1.54) is 0 Å². The molecule has 0 atom stereocenters. The van der Waals surface area contributed by atoms with Gasteiger partial charge in [0.2, 0.25) is 0 Å². The van der Waals surface area contributed by atoms with Crippen molar-refractivity contribution in [1.29, 1.82) is 0 Å². The summed E-state index contributed by atoms with van der Waals surface area (Å²) < 4.78 is 33.6. The van der Waals surface area contributed by atoms with Crippen molar-refractivity contribution >= 4 is 11.6 Å². The molecule has 0 aromatic rings. The van der Waals surface area contributed by atoms with Gasteiger partial charge in [0.1, 0.15) is 0 Å². The standard InChI is InChI=1S/C4H6ClF3/c5-3-1-2-4(6,7)8/h1-3H2. The van der Waals surface area contributed by atoms with Crippen LogP contribution in [0, 0.1) is 0 Å². The summed E-state index contributed by atoms with van der Waals surface area (Å²) >= 11 is 5.01. The Morgan fingerprint density at radius 2 is 1.75 bits per heavy atom. The van der Waals surface area contributed by atoms with Gasteiger partial charge in [-0.05, 0) is 6.42 Å². The predicted molar refractivity (Wildman–Crippen MR) is 26.0 cm³/mol. The van der Waals surface area contributed by atoms with Gasteiger partial charge in [0.15, 0.2) is 0 Å². The molecule has 0 fully saturated rings. The summed E-state index contributed by atoms with van der Waals surface area (Å²) in [5, 5.41) is 0. The van der Waals surface area contributed by atoms with Crippen molar-refractivity contribution in [3.8, 4) is 0 Å². The molecule has 0 aliphatic rings. The summed E-state index contributed by atoms with van der Waals surface area (Å²) in [6.07, 6.45) is -4.78. The lowest BCUT2D eigenvalue weighted by Crippen LogP contribution is -2.06. The lowest BCUT2D eigenvalue weighted by molar-refractivity contribution is -0.134. The van der Waals surface area contributed by atoms with Crippen molar-refractivity contribution in [2.24, 2.45) is 0 Å². The Kier molecular flexibility index (Phi) is 3.21. The van der Waals surface area contributed by atoms with E-state index < -0.39 is 12.6 Å². The van der Waals surface area contributed by atoms with Gasteiger partial charge < -0.3 is 0 Å². The molecule has 0 bridgehead atoms. The lowest BCUT2D eigenvalue weighted by Gasteiger charge is -2.01. The van der Waals surface area contributed by atoms with Crippen LogP contribution in [0.5, 0.6) is 0 Å². The highest BCUT2D eigenvalue weighted by atomic mass is 35.5. The van der Waals surface area contributed by atoms with E-state index in [-0.39, 0.29) is 12.3 Å². The van der Waals surface area contributed by atoms with Gasteiger partial charge in [-0.25, -0.2) is 0 Å². The molecule has 0 aliphatic carbocycles. The summed E-state index contributed by atoms with van der Waals surface area (Å²) in [7, 11) is 0. The van der Waals surface area contributed by atoms with Gasteiger partial charge in [-0.1, -0.05) is 0 Å². The van der Waals surface area contributed by atoms with E-state index in [2.05, 4.69) is 0 Å². The van der Waals surface area contributed by atoms with Crippen LogP contribution in [0.25, 0.3) is 0 Å². The first-order chi connectivity index (χ1) is 3.56. The lowest BCUT2D eigenvalue weighted by atomic mass is 10.3. The smallest absolute Gasteiger partial charge is 0.171 e. The van der Waals surface area contributed by atoms with Gasteiger partial charge in [0.25, 0.3) is 0 Å². The van der Waals surface area contributed by atoms with Crippen molar-refractivity contribution in [2.45, 2.75) is 19.0 Å². The van der Waals surface area contributed by atoms with Crippen molar-refractivity contribution in [3.05, 3.63) is 0 Å². The monoisotopic (exact) mass is 146 g/mol. The Labute approximate surface area is 50.6 Å². The van der Waals surface area contributed by atoms with Gasteiger partial charge in [-0.3, -0.25) is 0 Å². The maximum Gasteiger partial charge on any atom is 0.389 e. The SMILES string of the molecule is FC(F)(F)CCCCl. The third-order valence-corrected chi connectivity index (χ3v) is 0.861. The summed E-state index contributed by atoms with van der Waals surface area (Å²) in [6.45, 7) is 0. The maximum atomic E-state index is 11.2. The van der Waals surface area contributed by atoms with Crippen LogP contribution in [0.1, 0.15) is 12.8 Å². The minimum Gasteiger partial charge on any atom is -0.171 e. The Bertz CT molecular complexity index is 58.8. The van der Waals surface area contributed by atoms with E-state index >= 15 is 0 Å². The number of rotatable bonds is 2. The van der Waals surface area contributed by atoms with Gasteiger partial charge in [0, 0.05) is 12.3 Å². The molecule has 50 valence electrons. The van der Waals surface area contributed by atoms with Crippen LogP contribution in [0.4, 0.5) is 13.2 Å². The molecule has 0 unspecified atom stereocenters. The topological polar surface area (TPSA) is 0 Å². The molecular formula is C4H6ClF3. The second-order valence-corrected chi connectivity index (χ2v) is 1.79. The molecule has 0 aromatic heterocycles. The van der Waals surface area contributed by atoms with Crippen molar-refractivity contribution in [3.63, 3.8) is 0 Å². The van der Waals surface area contributed by atoms with Crippen molar-refractivity contribution in [2.75, 3.05) is 5.88 Å². The van der Waals surface area contributed by atoms with E-state index in [9.17, 15) is 13.2 Å². The minimum atomic E-state index is -4.03. The molecule has 0 heterocycles. The molecule has 0 N–H and O–H groups in total. The van der Waals surface area contributed by atoms with E-state index in [0.717, 1.165) is 0 Å². The van der Waals surface area contributed by atoms with E-state index in [1.807, 2.05) is 0 Å². The van der Waals surface area contributed by atoms with Crippen LogP contribution in [0.3, 0.4) is 0 Å². The molecule has 0 aromatic carbocycles. The summed E-state index contributed by atoms with van der Waals surface area (Å²) in [6, 6.07) is 0. The fourth-order valence-corrected chi connectivity index (χ4v) is 0.401. The summed E-state index contributed by atoms with van der Waals surface area (Å²) in [5.74, 6) is 0.0828. The second kappa shape index (κ2) is 3.17. The van der Waals surface area contributed by atoms with Gasteiger partial charge in [-0.15, -0.1) is 11.6 Å². The highest BCUT2D eigenvalue weighted by molar-refractivity contribution is 6.17. The molecule has 0 nitrogen and oxygen atoms in total. The Balaban J connectivity index is 3.11. The molecule has 0 spiro atoms. The molecule has 0 rings (SSSR count). The van der Waals surface area contributed by atoms with Crippen molar-refractivity contribution in [1.82, 2.24) is 0 Å². The van der Waals surface area contributed by atoms with Crippen molar-refractivity contribution < 1.29 is 13.2 Å². The van der Waals surface area contributed by atoms with E-state index in [4.69, 9.17) is 11.6 Å². The number of halogens is 4. The number of hydrogen-bond acceptors (Lipinski definition) is 0. The fourth-order valence-electron chi connectivity index (χ4n) is 0.267. The highest BCUT2D eigenvalue weighted by Gasteiger charge is 2.25. The number of hydrogen-bond donors (Lipinski definition) is 0. The molecular weight excluding hydrogens is 140 g/mol. The average molecular weight is 147 g/mol. The zero-order valence-corrected chi connectivity index (χ0v) is 4.89. The molecule has 0 amide bonds. The van der Waals surface area contributed by atoms with Crippen LogP contribution in [-0.2, 0) is 0 Å². The first-order valence-corrected chi connectivity index (χ1v) is 2.72. The van der Waals surface area contributed by atoms with Gasteiger partial charge >= 0.3 is 6.18 Å². The first kappa shape index (κ1) is 8.08. The molecule has 0 aliphatic heterocycles. The number of alkyl halides is 4. The predicted octanol–water partition coefficient (Wildman–Crippen LogP) is 2.57. The molecule has 4 heteroatoms. The molecule has 0 radical (unpaired) electrons. The van der Waals surface area contributed by atoms with Crippen LogP contribution in [0.15, 0.2) is 0 Å². The highest BCUT2D eigenvalue weighted by Crippen LogP contribution is 2.21. The van der Waals surface area contributed by atoms with Crippen LogP contribution >= 0.6 is 11.6 Å². The summed E-state index contributed by atoms with van der Waals surface area (Å²) in [4.78, 5) is 0. The average Bonchev–Trinajstić information content (AvgIpc) is 1.59. The van der Waals surface area contributed by atoms with Gasteiger partial charge in [-0.2, -0.15) is 13.2 Å². The largest absolute Gasteiger partial charge is 0.389 e. The Hall–Kier alpha value is 0.0800. The Morgan fingerprint density at radius 3 is 1.88 bits per heavy atom. The molecule has 0 saturated carbocycles. The fraction of sp³-hybridized carbons (Fsp3) is 1.00. The Morgan fingerprint density at radius 1 is 1.25 bits per heavy atom. The van der Waals surface area contributed by atoms with Crippen LogP contribution in [0.2, 0.25) is 0 Å². The summed E-state index contributed by atoms with van der Waals surface area (Å²) in [5.41, 5.74) is 0. The van der Waals surface area contributed by atoms with Gasteiger partial charge in [0.05, 0.1) is 0 Å². The quantitative estimate of drug-likeness (QED) is 0.526. The van der Waals surface area contributed by atoms with Crippen LogP contribution in [-0.4, -0.2) is 12.1 Å².